The van der Waals surface area contributed by atoms with E-state index in [1.165, 1.54) is 52.2 Å². The molecule has 0 aliphatic carbocycles. The van der Waals surface area contributed by atoms with Crippen LogP contribution >= 0.6 is 0 Å². The number of ether oxygens (including phenoxy) is 1. The number of amides is 2. The molecule has 6 rings (SSSR count). The van der Waals surface area contributed by atoms with Gasteiger partial charge in [0.15, 0.2) is 0 Å². The second-order valence-corrected chi connectivity index (χ2v) is 9.51. The zero-order valence-corrected chi connectivity index (χ0v) is 22.2. The van der Waals surface area contributed by atoms with Gasteiger partial charge < -0.3 is 4.74 Å². The van der Waals surface area contributed by atoms with Crippen molar-refractivity contribution in [3.05, 3.63) is 112 Å². The summed E-state index contributed by atoms with van der Waals surface area (Å²) in [6.45, 7) is 1.61. The van der Waals surface area contributed by atoms with Gasteiger partial charge in [-0.1, -0.05) is 30.3 Å². The standard InChI is InChI=1S/C30H19F3N6O4/c1-2-43-27(42)23-16-37(20-7-5-6-19(14-20)30(31,32)33)29-35-28(38-25(40)21-8-3-4-9-22(21)26(38)41)36-39(29)24(23)18-12-10-17(15-34)11-13-18/h3-14,16,24H,2H2,1H3. The molecule has 1 atom stereocenters. The van der Waals surface area contributed by atoms with Gasteiger partial charge in [-0.05, 0) is 55.0 Å². The molecule has 0 radical (unpaired) electrons. The number of imide groups is 1. The van der Waals surface area contributed by atoms with Gasteiger partial charge in [-0.2, -0.15) is 23.4 Å². The summed E-state index contributed by atoms with van der Waals surface area (Å²) in [5.41, 5.74) is 0.108. The molecule has 4 aromatic rings. The van der Waals surface area contributed by atoms with Crippen LogP contribution < -0.4 is 9.80 Å². The van der Waals surface area contributed by atoms with Crippen molar-refractivity contribution in [3.63, 3.8) is 0 Å². The van der Waals surface area contributed by atoms with E-state index in [9.17, 15) is 32.8 Å². The number of nitrogens with zero attached hydrogens (tertiary/aromatic N) is 6. The Morgan fingerprint density at radius 3 is 2.28 bits per heavy atom. The Hall–Kier alpha value is -5.77. The highest BCUT2D eigenvalue weighted by molar-refractivity contribution is 6.33. The maximum Gasteiger partial charge on any atom is 0.416 e. The third-order valence-electron chi connectivity index (χ3n) is 6.94. The van der Waals surface area contributed by atoms with Gasteiger partial charge in [-0.3, -0.25) is 14.5 Å². The SMILES string of the molecule is CCOC(=O)C1=CN(c2cccc(C(F)(F)F)c2)c2nc(N3C(=O)c4ccccc4C3=O)nn2C1c1ccc(C#N)cc1. The van der Waals surface area contributed by atoms with E-state index >= 15 is 0 Å². The van der Waals surface area contributed by atoms with E-state index in [1.807, 2.05) is 6.07 Å². The molecule has 0 saturated carbocycles. The maximum atomic E-state index is 13.7. The number of nitriles is 1. The summed E-state index contributed by atoms with van der Waals surface area (Å²) in [5, 5.41) is 13.7. The number of carbonyl (C=O) groups excluding carboxylic acids is 3. The van der Waals surface area contributed by atoms with Gasteiger partial charge >= 0.3 is 12.1 Å². The van der Waals surface area contributed by atoms with Gasteiger partial charge in [0, 0.05) is 11.9 Å². The Labute approximate surface area is 241 Å². The fraction of sp³-hybridized carbons (Fsp3) is 0.133. The van der Waals surface area contributed by atoms with E-state index in [0.29, 0.717) is 11.1 Å². The highest BCUT2D eigenvalue weighted by atomic mass is 19.4. The average molecular weight is 585 g/mol. The number of alkyl halides is 3. The minimum Gasteiger partial charge on any atom is -0.463 e. The molecule has 0 N–H and O–H groups in total. The normalized spacial score (nSPS) is 16.0. The first-order valence-electron chi connectivity index (χ1n) is 12.9. The van der Waals surface area contributed by atoms with Gasteiger partial charge in [0.2, 0.25) is 5.95 Å². The summed E-state index contributed by atoms with van der Waals surface area (Å²) in [6, 6.07) is 17.7. The van der Waals surface area contributed by atoms with Gasteiger partial charge in [0.1, 0.15) is 6.04 Å². The zero-order valence-electron chi connectivity index (χ0n) is 22.2. The fourth-order valence-electron chi connectivity index (χ4n) is 4.97. The Balaban J connectivity index is 1.57. The van der Waals surface area contributed by atoms with Crippen LogP contribution in [-0.4, -0.2) is 39.2 Å². The first-order chi connectivity index (χ1) is 20.6. The smallest absolute Gasteiger partial charge is 0.416 e. The number of aromatic nitrogens is 3. The molecule has 3 aromatic carbocycles. The number of hydrogen-bond acceptors (Lipinski definition) is 8. The second kappa shape index (κ2) is 10.3. The molecule has 2 amide bonds. The first-order valence-corrected chi connectivity index (χ1v) is 12.9. The fourth-order valence-corrected chi connectivity index (χ4v) is 4.97. The number of benzene rings is 3. The van der Waals surface area contributed by atoms with E-state index in [-0.39, 0.29) is 40.9 Å². The molecule has 0 saturated heterocycles. The molecule has 1 unspecified atom stereocenters. The molecule has 2 aliphatic rings. The highest BCUT2D eigenvalue weighted by Gasteiger charge is 2.42. The predicted molar refractivity (Wildman–Crippen MR) is 145 cm³/mol. The quantitative estimate of drug-likeness (QED) is 0.233. The van der Waals surface area contributed by atoms with Crippen LogP contribution in [0.5, 0.6) is 0 Å². The Kier molecular flexibility index (Phi) is 6.53. The highest BCUT2D eigenvalue weighted by Crippen LogP contribution is 2.42. The summed E-state index contributed by atoms with van der Waals surface area (Å²) >= 11 is 0. The van der Waals surface area contributed by atoms with E-state index in [4.69, 9.17) is 4.74 Å². The Morgan fingerprint density at radius 1 is 1.00 bits per heavy atom. The van der Waals surface area contributed by atoms with E-state index < -0.39 is 35.6 Å². The van der Waals surface area contributed by atoms with Crippen molar-refractivity contribution in [1.29, 1.82) is 5.26 Å². The molecule has 2 aliphatic heterocycles. The summed E-state index contributed by atoms with van der Waals surface area (Å²) in [7, 11) is 0. The summed E-state index contributed by atoms with van der Waals surface area (Å²) in [4.78, 5) is 46.3. The number of carbonyl (C=O) groups is 3. The van der Waals surface area contributed by atoms with Gasteiger partial charge in [0.05, 0.1) is 40.5 Å². The number of rotatable bonds is 5. The summed E-state index contributed by atoms with van der Waals surface area (Å²) in [5.74, 6) is -2.55. The van der Waals surface area contributed by atoms with Crippen LogP contribution in [0.15, 0.2) is 84.6 Å². The molecule has 3 heterocycles. The number of anilines is 3. The van der Waals surface area contributed by atoms with Crippen molar-refractivity contribution in [1.82, 2.24) is 14.8 Å². The molecule has 43 heavy (non-hydrogen) atoms. The topological polar surface area (TPSA) is 121 Å². The second-order valence-electron chi connectivity index (χ2n) is 9.51. The predicted octanol–water partition coefficient (Wildman–Crippen LogP) is 5.16. The molecule has 0 bridgehead atoms. The van der Waals surface area contributed by atoms with Gasteiger partial charge in [-0.25, -0.2) is 14.4 Å². The lowest BCUT2D eigenvalue weighted by atomic mass is 9.97. The number of fused-ring (bicyclic) bond motifs is 2. The third kappa shape index (κ3) is 4.58. The first kappa shape index (κ1) is 27.4. The minimum atomic E-state index is -4.66. The van der Waals surface area contributed by atoms with Crippen LogP contribution in [0.1, 0.15) is 50.4 Å². The largest absolute Gasteiger partial charge is 0.463 e. The summed E-state index contributed by atoms with van der Waals surface area (Å²) in [6.07, 6.45) is -3.37. The van der Waals surface area contributed by atoms with E-state index in [1.54, 1.807) is 31.2 Å². The van der Waals surface area contributed by atoms with Crippen molar-refractivity contribution in [2.45, 2.75) is 19.1 Å². The lowest BCUT2D eigenvalue weighted by molar-refractivity contribution is -0.139. The van der Waals surface area contributed by atoms with Crippen molar-refractivity contribution >= 4 is 35.4 Å². The lowest BCUT2D eigenvalue weighted by Gasteiger charge is -2.31. The van der Waals surface area contributed by atoms with Gasteiger partial charge in [-0.15, -0.1) is 5.10 Å². The van der Waals surface area contributed by atoms with Crippen molar-refractivity contribution < 1.29 is 32.3 Å². The number of esters is 1. The molecule has 1 aromatic heterocycles. The molecular weight excluding hydrogens is 565 g/mol. The Morgan fingerprint density at radius 2 is 1.67 bits per heavy atom. The minimum absolute atomic E-state index is 0.00429. The van der Waals surface area contributed by atoms with Gasteiger partial charge in [0.25, 0.3) is 17.8 Å². The lowest BCUT2D eigenvalue weighted by Crippen LogP contribution is -2.32. The van der Waals surface area contributed by atoms with E-state index in [0.717, 1.165) is 17.0 Å². The monoisotopic (exact) mass is 584 g/mol. The zero-order chi connectivity index (χ0) is 30.5. The van der Waals surface area contributed by atoms with Crippen molar-refractivity contribution in [2.75, 3.05) is 16.4 Å². The molecule has 10 nitrogen and oxygen atoms in total. The molecule has 0 fully saturated rings. The van der Waals surface area contributed by atoms with Crippen LogP contribution in [-0.2, 0) is 15.7 Å². The average Bonchev–Trinajstić information content (AvgIpc) is 3.54. The van der Waals surface area contributed by atoms with Crippen LogP contribution in [0.3, 0.4) is 0 Å². The molecular formula is C30H19F3N6O4. The third-order valence-corrected chi connectivity index (χ3v) is 6.94. The van der Waals surface area contributed by atoms with E-state index in [2.05, 4.69) is 10.1 Å². The Bertz CT molecular complexity index is 1840. The van der Waals surface area contributed by atoms with Crippen LogP contribution in [0, 0.1) is 11.3 Å². The van der Waals surface area contributed by atoms with Crippen LogP contribution in [0.25, 0.3) is 0 Å². The molecule has 13 heteroatoms. The van der Waals surface area contributed by atoms with Crippen LogP contribution in [0.2, 0.25) is 0 Å². The maximum absolute atomic E-state index is 13.7. The van der Waals surface area contributed by atoms with Crippen LogP contribution in [0.4, 0.5) is 30.8 Å². The molecule has 0 spiro atoms. The summed E-state index contributed by atoms with van der Waals surface area (Å²) < 4.78 is 47.5. The molecule has 214 valence electrons. The number of halogens is 3. The number of hydrogen-bond donors (Lipinski definition) is 0. The van der Waals surface area contributed by atoms with Crippen molar-refractivity contribution in [2.24, 2.45) is 0 Å². The van der Waals surface area contributed by atoms with Crippen molar-refractivity contribution in [3.8, 4) is 6.07 Å².